The van der Waals surface area contributed by atoms with E-state index in [2.05, 4.69) is 54.1 Å². The molecule has 1 amide bonds. The normalized spacial score (nSPS) is 10.3. The van der Waals surface area contributed by atoms with Gasteiger partial charge in [0, 0.05) is 19.8 Å². The molecule has 0 fully saturated rings. The fourth-order valence-corrected chi connectivity index (χ4v) is 2.77. The van der Waals surface area contributed by atoms with E-state index in [4.69, 9.17) is 16.6 Å². The summed E-state index contributed by atoms with van der Waals surface area (Å²) in [6.07, 6.45) is 1.70. The molecule has 0 atom stereocenters. The van der Waals surface area contributed by atoms with Crippen LogP contribution in [0.2, 0.25) is 0 Å². The quantitative estimate of drug-likeness (QED) is 0.377. The number of nitrogens with zero attached hydrogens (tertiary/aromatic N) is 1. The van der Waals surface area contributed by atoms with Crippen LogP contribution in [0.4, 0.5) is 5.82 Å². The van der Waals surface area contributed by atoms with E-state index < -0.39 is 5.91 Å². The molecule has 0 unspecified atom stereocenters. The molecule has 3 rings (SSSR count). The minimum atomic E-state index is -0.425. The second-order valence-electron chi connectivity index (χ2n) is 4.94. The van der Waals surface area contributed by atoms with E-state index in [0.717, 1.165) is 13.6 Å². The maximum atomic E-state index is 12.2. The highest BCUT2D eigenvalue weighted by atomic mass is 127. The van der Waals surface area contributed by atoms with Crippen LogP contribution in [-0.4, -0.2) is 16.0 Å². The zero-order valence-electron chi connectivity index (χ0n) is 12.6. The molecule has 0 aliphatic carbocycles. The smallest absolute Gasteiger partial charge is 0.293 e. The average Bonchev–Trinajstić information content (AvgIpc) is 3.08. The van der Waals surface area contributed by atoms with E-state index in [-0.39, 0.29) is 10.9 Å². The Morgan fingerprint density at radius 3 is 2.56 bits per heavy atom. The van der Waals surface area contributed by atoms with Crippen molar-refractivity contribution in [3.63, 3.8) is 0 Å². The lowest BCUT2D eigenvalue weighted by Crippen LogP contribution is -2.34. The van der Waals surface area contributed by atoms with E-state index in [0.29, 0.717) is 11.6 Å². The van der Waals surface area contributed by atoms with Gasteiger partial charge in [0.2, 0.25) is 0 Å². The van der Waals surface area contributed by atoms with Gasteiger partial charge >= 0.3 is 0 Å². The number of pyridine rings is 1. The largest absolute Gasteiger partial charge is 0.451 e. The van der Waals surface area contributed by atoms with Crippen molar-refractivity contribution in [2.24, 2.45) is 0 Å². The second-order valence-corrected chi connectivity index (χ2v) is 7.51. The highest BCUT2D eigenvalue weighted by Gasteiger charge is 2.14. The third-order valence-electron chi connectivity index (χ3n) is 3.15. The van der Waals surface area contributed by atoms with Gasteiger partial charge in [-0.2, -0.15) is 0 Å². The molecule has 0 radical (unpaired) electrons. The number of hydrogen-bond acceptors (Lipinski definition) is 4. The first kappa shape index (κ1) is 18.0. The standard InChI is InChI=1S/C17H11BrIN3O2S/c18-11-3-1-10(2-4-11)13-6-7-14(24-13)16(23)22-17(25)21-15-8-5-12(19)9-20-15/h1-9H,(H2,20,21,22,23,25). The number of anilines is 1. The number of carbonyl (C=O) groups excluding carboxylic acids is 1. The van der Waals surface area contributed by atoms with Crippen molar-refractivity contribution in [2.45, 2.75) is 0 Å². The van der Waals surface area contributed by atoms with E-state index >= 15 is 0 Å². The first-order valence-electron chi connectivity index (χ1n) is 7.11. The van der Waals surface area contributed by atoms with Gasteiger partial charge < -0.3 is 9.73 Å². The molecule has 5 nitrogen and oxygen atoms in total. The van der Waals surface area contributed by atoms with E-state index in [1.165, 1.54) is 0 Å². The minimum absolute atomic E-state index is 0.153. The van der Waals surface area contributed by atoms with Gasteiger partial charge in [-0.3, -0.25) is 10.1 Å². The van der Waals surface area contributed by atoms with Crippen molar-refractivity contribution in [3.8, 4) is 11.3 Å². The van der Waals surface area contributed by atoms with Gasteiger partial charge in [0.05, 0.1) is 0 Å². The summed E-state index contributed by atoms with van der Waals surface area (Å²) in [5.74, 6) is 0.917. The molecule has 0 saturated heterocycles. The lowest BCUT2D eigenvalue weighted by atomic mass is 10.2. The molecule has 25 heavy (non-hydrogen) atoms. The number of hydrogen-bond donors (Lipinski definition) is 2. The predicted molar refractivity (Wildman–Crippen MR) is 112 cm³/mol. The summed E-state index contributed by atoms with van der Waals surface area (Å²) in [6, 6.07) is 14.6. The van der Waals surface area contributed by atoms with Crippen LogP contribution in [0.25, 0.3) is 11.3 Å². The van der Waals surface area contributed by atoms with Gasteiger partial charge in [0.1, 0.15) is 11.6 Å². The van der Waals surface area contributed by atoms with Crippen LogP contribution in [-0.2, 0) is 0 Å². The summed E-state index contributed by atoms with van der Waals surface area (Å²) < 4.78 is 7.59. The second kappa shape index (κ2) is 8.07. The van der Waals surface area contributed by atoms with Crippen LogP contribution in [0, 0.1) is 3.57 Å². The van der Waals surface area contributed by atoms with Crippen molar-refractivity contribution in [3.05, 3.63) is 68.5 Å². The summed E-state index contributed by atoms with van der Waals surface area (Å²) in [5, 5.41) is 5.58. The highest BCUT2D eigenvalue weighted by Crippen LogP contribution is 2.24. The Hall–Kier alpha value is -1.78. The Bertz CT molecular complexity index is 910. The van der Waals surface area contributed by atoms with Crippen LogP contribution in [0.3, 0.4) is 0 Å². The van der Waals surface area contributed by atoms with E-state index in [1.807, 2.05) is 30.3 Å². The Labute approximate surface area is 171 Å². The van der Waals surface area contributed by atoms with Crippen molar-refractivity contribution in [1.82, 2.24) is 10.3 Å². The molecule has 8 heteroatoms. The number of rotatable bonds is 3. The van der Waals surface area contributed by atoms with Gasteiger partial charge in [0.25, 0.3) is 5.91 Å². The molecule has 3 aromatic rings. The van der Waals surface area contributed by atoms with Gasteiger partial charge in [-0.05, 0) is 71.2 Å². The zero-order valence-corrected chi connectivity index (χ0v) is 17.2. The average molecular weight is 528 g/mol. The SMILES string of the molecule is O=C(NC(=S)Nc1ccc(I)cn1)c1ccc(-c2ccc(Br)cc2)o1. The number of thiocarbonyl (C=S) groups is 1. The summed E-state index contributed by atoms with van der Waals surface area (Å²) in [7, 11) is 0. The maximum absolute atomic E-state index is 12.2. The predicted octanol–water partition coefficient (Wildman–Crippen LogP) is 4.84. The lowest BCUT2D eigenvalue weighted by Gasteiger charge is -2.07. The highest BCUT2D eigenvalue weighted by molar-refractivity contribution is 14.1. The molecule has 2 aromatic heterocycles. The number of carbonyl (C=O) groups is 1. The van der Waals surface area contributed by atoms with Crippen LogP contribution in [0.5, 0.6) is 0 Å². The van der Waals surface area contributed by atoms with Gasteiger partial charge in [-0.15, -0.1) is 0 Å². The van der Waals surface area contributed by atoms with Crippen LogP contribution < -0.4 is 10.6 Å². The minimum Gasteiger partial charge on any atom is -0.451 e. The van der Waals surface area contributed by atoms with Gasteiger partial charge in [0.15, 0.2) is 10.9 Å². The van der Waals surface area contributed by atoms with Crippen molar-refractivity contribution in [1.29, 1.82) is 0 Å². The molecule has 0 aliphatic heterocycles. The first-order chi connectivity index (χ1) is 12.0. The monoisotopic (exact) mass is 527 g/mol. The molecule has 0 saturated carbocycles. The molecule has 2 heterocycles. The topological polar surface area (TPSA) is 67.2 Å². The van der Waals surface area contributed by atoms with Crippen LogP contribution in [0.1, 0.15) is 10.6 Å². The van der Waals surface area contributed by atoms with E-state index in [1.54, 1.807) is 24.4 Å². The number of nitrogens with one attached hydrogen (secondary N) is 2. The number of halogens is 2. The van der Waals surface area contributed by atoms with Crippen LogP contribution in [0.15, 0.2) is 63.6 Å². The molecular formula is C17H11BrIN3O2S. The number of amides is 1. The van der Waals surface area contributed by atoms with E-state index in [9.17, 15) is 4.79 Å². The zero-order chi connectivity index (χ0) is 17.8. The summed E-state index contributed by atoms with van der Waals surface area (Å²) >= 11 is 10.7. The number of furan rings is 1. The molecule has 2 N–H and O–H groups in total. The molecular weight excluding hydrogens is 517 g/mol. The first-order valence-corrected chi connectivity index (χ1v) is 9.39. The Morgan fingerprint density at radius 2 is 1.88 bits per heavy atom. The summed E-state index contributed by atoms with van der Waals surface area (Å²) in [6.45, 7) is 0. The third kappa shape index (κ3) is 4.86. The van der Waals surface area contributed by atoms with Crippen molar-refractivity contribution < 1.29 is 9.21 Å². The summed E-state index contributed by atoms with van der Waals surface area (Å²) in [4.78, 5) is 16.4. The fraction of sp³-hybridized carbons (Fsp3) is 0. The van der Waals surface area contributed by atoms with Crippen molar-refractivity contribution >= 4 is 67.6 Å². The van der Waals surface area contributed by atoms with Crippen molar-refractivity contribution in [2.75, 3.05) is 5.32 Å². The molecule has 0 aliphatic rings. The molecule has 0 bridgehead atoms. The summed E-state index contributed by atoms with van der Waals surface area (Å²) in [5.41, 5.74) is 0.881. The lowest BCUT2D eigenvalue weighted by molar-refractivity contribution is 0.0951. The Kier molecular flexibility index (Phi) is 5.82. The third-order valence-corrected chi connectivity index (χ3v) is 4.53. The maximum Gasteiger partial charge on any atom is 0.293 e. The Balaban J connectivity index is 1.64. The van der Waals surface area contributed by atoms with Gasteiger partial charge in [-0.1, -0.05) is 28.1 Å². The van der Waals surface area contributed by atoms with Crippen LogP contribution >= 0.6 is 50.7 Å². The molecule has 126 valence electrons. The van der Waals surface area contributed by atoms with Gasteiger partial charge in [-0.25, -0.2) is 4.98 Å². The Morgan fingerprint density at radius 1 is 1.12 bits per heavy atom. The molecule has 0 spiro atoms. The number of benzene rings is 1. The number of aromatic nitrogens is 1. The fourth-order valence-electron chi connectivity index (χ4n) is 1.99. The molecule has 1 aromatic carbocycles.